The molecule has 0 amide bonds. The molecule has 0 spiro atoms. The largest absolute Gasteiger partial charge is 0.507 e. The molecular formula is C18H20N2O3. The van der Waals surface area contributed by atoms with E-state index in [1.165, 1.54) is 12.1 Å². The smallest absolute Gasteiger partial charge is 0.335 e. The molecule has 2 aromatic carbocycles. The van der Waals surface area contributed by atoms with Gasteiger partial charge < -0.3 is 15.1 Å². The Morgan fingerprint density at radius 3 is 2.57 bits per heavy atom. The van der Waals surface area contributed by atoms with E-state index in [1.807, 2.05) is 12.1 Å². The second-order valence-corrected chi connectivity index (χ2v) is 5.03. The van der Waals surface area contributed by atoms with Gasteiger partial charge in [0.2, 0.25) is 0 Å². The van der Waals surface area contributed by atoms with Gasteiger partial charge in [0.1, 0.15) is 5.75 Å². The molecule has 0 atom stereocenters. The first-order valence-electron chi connectivity index (χ1n) is 7.50. The summed E-state index contributed by atoms with van der Waals surface area (Å²) in [5.41, 5.74) is 2.31. The summed E-state index contributed by atoms with van der Waals surface area (Å²) in [6, 6.07) is 11.7. The Bertz CT molecular complexity index is 722. The van der Waals surface area contributed by atoms with Gasteiger partial charge >= 0.3 is 5.97 Å². The van der Waals surface area contributed by atoms with Gasteiger partial charge in [-0.15, -0.1) is 0 Å². The number of hydrogen-bond acceptors (Lipinski definition) is 4. The molecule has 0 heterocycles. The van der Waals surface area contributed by atoms with Crippen molar-refractivity contribution in [1.29, 1.82) is 0 Å². The van der Waals surface area contributed by atoms with E-state index in [-0.39, 0.29) is 11.3 Å². The molecule has 0 aromatic heterocycles. The standard InChI is InChI=1S/C18H20N2O3/c1-3-20(4-2)16-8-9-17(21)14(11-16)12-19-15-7-5-6-13(10-15)18(22)23/h5-12,21H,3-4H2,1-2H3,(H,22,23). The number of aromatic carboxylic acids is 1. The van der Waals surface area contributed by atoms with Crippen LogP contribution in [0.25, 0.3) is 0 Å². The summed E-state index contributed by atoms with van der Waals surface area (Å²) in [7, 11) is 0. The zero-order valence-electron chi connectivity index (χ0n) is 13.2. The number of carbonyl (C=O) groups is 1. The van der Waals surface area contributed by atoms with Gasteiger partial charge in [-0.2, -0.15) is 0 Å². The number of anilines is 1. The van der Waals surface area contributed by atoms with Crippen LogP contribution < -0.4 is 4.90 Å². The van der Waals surface area contributed by atoms with Crippen LogP contribution in [-0.2, 0) is 0 Å². The van der Waals surface area contributed by atoms with Gasteiger partial charge in [-0.05, 0) is 50.2 Å². The van der Waals surface area contributed by atoms with Crippen LogP contribution in [0, 0.1) is 0 Å². The zero-order chi connectivity index (χ0) is 16.8. The van der Waals surface area contributed by atoms with Crippen molar-refractivity contribution in [2.24, 2.45) is 4.99 Å². The summed E-state index contributed by atoms with van der Waals surface area (Å²) in [4.78, 5) is 17.4. The molecule has 0 radical (unpaired) electrons. The Morgan fingerprint density at radius 2 is 1.91 bits per heavy atom. The summed E-state index contributed by atoms with van der Waals surface area (Å²) in [6.07, 6.45) is 1.54. The quantitative estimate of drug-likeness (QED) is 0.798. The van der Waals surface area contributed by atoms with Crippen molar-refractivity contribution in [2.45, 2.75) is 13.8 Å². The van der Waals surface area contributed by atoms with E-state index in [0.717, 1.165) is 18.8 Å². The SMILES string of the molecule is CCN(CC)c1ccc(O)c(C=Nc2cccc(C(=O)O)c2)c1. The summed E-state index contributed by atoms with van der Waals surface area (Å²) in [5.74, 6) is -0.854. The van der Waals surface area contributed by atoms with Crippen LogP contribution in [0.5, 0.6) is 5.75 Å². The van der Waals surface area contributed by atoms with Crippen molar-refractivity contribution >= 4 is 23.6 Å². The van der Waals surface area contributed by atoms with Gasteiger partial charge in [-0.1, -0.05) is 6.07 Å². The summed E-state index contributed by atoms with van der Waals surface area (Å²) >= 11 is 0. The van der Waals surface area contributed by atoms with E-state index in [4.69, 9.17) is 5.11 Å². The number of nitrogens with zero attached hydrogens (tertiary/aromatic N) is 2. The number of benzene rings is 2. The first-order valence-corrected chi connectivity index (χ1v) is 7.50. The molecule has 0 aliphatic carbocycles. The molecule has 0 unspecified atom stereocenters. The summed E-state index contributed by atoms with van der Waals surface area (Å²) < 4.78 is 0. The van der Waals surface area contributed by atoms with Crippen molar-refractivity contribution in [3.63, 3.8) is 0 Å². The van der Waals surface area contributed by atoms with Gasteiger partial charge in [0, 0.05) is 30.6 Å². The van der Waals surface area contributed by atoms with Crippen LogP contribution >= 0.6 is 0 Å². The molecule has 2 aromatic rings. The molecule has 0 saturated heterocycles. The molecule has 0 bridgehead atoms. The van der Waals surface area contributed by atoms with E-state index in [9.17, 15) is 9.90 Å². The topological polar surface area (TPSA) is 73.1 Å². The second-order valence-electron chi connectivity index (χ2n) is 5.03. The third kappa shape index (κ3) is 4.10. The molecule has 0 fully saturated rings. The van der Waals surface area contributed by atoms with Crippen molar-refractivity contribution in [3.8, 4) is 5.75 Å². The lowest BCUT2D eigenvalue weighted by Gasteiger charge is -2.21. The second kappa shape index (κ2) is 7.45. The lowest BCUT2D eigenvalue weighted by Crippen LogP contribution is -2.21. The van der Waals surface area contributed by atoms with Gasteiger partial charge in [0.15, 0.2) is 0 Å². The number of hydrogen-bond donors (Lipinski definition) is 2. The van der Waals surface area contributed by atoms with Crippen LogP contribution in [-0.4, -0.2) is 35.5 Å². The third-order valence-corrected chi connectivity index (χ3v) is 3.59. The van der Waals surface area contributed by atoms with Crippen molar-refractivity contribution < 1.29 is 15.0 Å². The molecule has 0 aliphatic rings. The number of carboxylic acid groups (broad SMARTS) is 1. The molecule has 120 valence electrons. The highest BCUT2D eigenvalue weighted by Crippen LogP contribution is 2.24. The number of phenolic OH excluding ortho intramolecular Hbond substituents is 1. The Labute approximate surface area is 135 Å². The summed E-state index contributed by atoms with van der Waals surface area (Å²) in [6.45, 7) is 5.89. The first kappa shape index (κ1) is 16.5. The summed E-state index contributed by atoms with van der Waals surface area (Å²) in [5, 5.41) is 19.0. The fraction of sp³-hybridized carbons (Fsp3) is 0.222. The van der Waals surface area contributed by atoms with Gasteiger partial charge in [-0.3, -0.25) is 4.99 Å². The van der Waals surface area contributed by atoms with Gasteiger partial charge in [0.25, 0.3) is 0 Å². The molecule has 0 aliphatic heterocycles. The number of carboxylic acids is 1. The van der Waals surface area contributed by atoms with E-state index in [1.54, 1.807) is 24.4 Å². The minimum Gasteiger partial charge on any atom is -0.507 e. The highest BCUT2D eigenvalue weighted by molar-refractivity contribution is 5.90. The van der Waals surface area contributed by atoms with E-state index < -0.39 is 5.97 Å². The Morgan fingerprint density at radius 1 is 1.17 bits per heavy atom. The van der Waals surface area contributed by atoms with Crippen LogP contribution in [0.2, 0.25) is 0 Å². The van der Waals surface area contributed by atoms with Crippen LogP contribution in [0.1, 0.15) is 29.8 Å². The maximum Gasteiger partial charge on any atom is 0.335 e. The third-order valence-electron chi connectivity index (χ3n) is 3.59. The number of aliphatic imine (C=N–C) groups is 1. The maximum atomic E-state index is 11.0. The molecule has 0 saturated carbocycles. The highest BCUT2D eigenvalue weighted by atomic mass is 16.4. The van der Waals surface area contributed by atoms with Crippen LogP contribution in [0.15, 0.2) is 47.5 Å². The Kier molecular flexibility index (Phi) is 5.36. The van der Waals surface area contributed by atoms with E-state index in [2.05, 4.69) is 23.7 Å². The van der Waals surface area contributed by atoms with Crippen molar-refractivity contribution in [1.82, 2.24) is 0 Å². The molecule has 2 N–H and O–H groups in total. The molecule has 5 heteroatoms. The van der Waals surface area contributed by atoms with Crippen LogP contribution in [0.3, 0.4) is 0 Å². The van der Waals surface area contributed by atoms with Crippen molar-refractivity contribution in [3.05, 3.63) is 53.6 Å². The normalized spacial score (nSPS) is 10.9. The van der Waals surface area contributed by atoms with Crippen LogP contribution in [0.4, 0.5) is 11.4 Å². The zero-order valence-corrected chi connectivity index (χ0v) is 13.2. The van der Waals surface area contributed by atoms with Gasteiger partial charge in [0.05, 0.1) is 11.3 Å². The molecular weight excluding hydrogens is 292 g/mol. The lowest BCUT2D eigenvalue weighted by atomic mass is 10.1. The number of aromatic hydroxyl groups is 1. The van der Waals surface area contributed by atoms with E-state index >= 15 is 0 Å². The lowest BCUT2D eigenvalue weighted by molar-refractivity contribution is 0.0697. The predicted molar refractivity (Wildman–Crippen MR) is 92.3 cm³/mol. The Balaban J connectivity index is 2.30. The maximum absolute atomic E-state index is 11.0. The minimum atomic E-state index is -0.992. The predicted octanol–water partition coefficient (Wildman–Crippen LogP) is 3.69. The Hall–Kier alpha value is -2.82. The molecule has 23 heavy (non-hydrogen) atoms. The first-order chi connectivity index (χ1) is 11.0. The minimum absolute atomic E-state index is 0.138. The van der Waals surface area contributed by atoms with Crippen molar-refractivity contribution in [2.75, 3.05) is 18.0 Å². The average Bonchev–Trinajstić information content (AvgIpc) is 2.56. The van der Waals surface area contributed by atoms with Gasteiger partial charge in [-0.25, -0.2) is 4.79 Å². The number of rotatable bonds is 6. The number of phenols is 1. The fourth-order valence-corrected chi connectivity index (χ4v) is 2.29. The molecule has 5 nitrogen and oxygen atoms in total. The van der Waals surface area contributed by atoms with E-state index in [0.29, 0.717) is 11.3 Å². The fourth-order valence-electron chi connectivity index (χ4n) is 2.29. The average molecular weight is 312 g/mol. The monoisotopic (exact) mass is 312 g/mol. The molecule has 2 rings (SSSR count). The highest BCUT2D eigenvalue weighted by Gasteiger charge is 2.06.